The maximum Gasteiger partial charge on any atom is 0.225 e. The van der Waals surface area contributed by atoms with Crippen molar-refractivity contribution in [2.24, 2.45) is 0 Å². The largest absolute Gasteiger partial charge is 0.373 e. The number of ether oxygens (including phenoxy) is 2. The van der Waals surface area contributed by atoms with E-state index in [1.807, 2.05) is 24.2 Å². The van der Waals surface area contributed by atoms with Crippen LogP contribution < -0.4 is 4.90 Å². The first-order valence-electron chi connectivity index (χ1n) is 8.50. The number of nitrogens with zero attached hydrogens (tertiary/aromatic N) is 4. The van der Waals surface area contributed by atoms with Gasteiger partial charge in [-0.05, 0) is 24.5 Å². The van der Waals surface area contributed by atoms with E-state index in [-0.39, 0.29) is 11.7 Å². The molecule has 132 valence electrons. The highest BCUT2D eigenvalue weighted by molar-refractivity contribution is 5.37. The zero-order valence-electron chi connectivity index (χ0n) is 14.2. The van der Waals surface area contributed by atoms with Gasteiger partial charge in [0.25, 0.3) is 0 Å². The molecule has 4 heterocycles. The molecule has 0 N–H and O–H groups in total. The van der Waals surface area contributed by atoms with Gasteiger partial charge in [-0.15, -0.1) is 0 Å². The first-order chi connectivity index (χ1) is 12.1. The summed E-state index contributed by atoms with van der Waals surface area (Å²) in [5.41, 5.74) is 2.03. The molecule has 4 rings (SSSR count). The van der Waals surface area contributed by atoms with Gasteiger partial charge in [-0.3, -0.25) is 4.98 Å². The smallest absolute Gasteiger partial charge is 0.225 e. The molecule has 1 spiro atoms. The molecule has 0 unspecified atom stereocenters. The molecule has 2 fully saturated rings. The normalized spacial score (nSPS) is 22.0. The van der Waals surface area contributed by atoms with Crippen LogP contribution in [0.15, 0.2) is 30.9 Å². The van der Waals surface area contributed by atoms with Crippen molar-refractivity contribution in [1.82, 2.24) is 15.0 Å². The van der Waals surface area contributed by atoms with Crippen molar-refractivity contribution in [3.63, 3.8) is 0 Å². The third-order valence-corrected chi connectivity index (χ3v) is 4.71. The van der Waals surface area contributed by atoms with Crippen molar-refractivity contribution in [3.8, 4) is 0 Å². The maximum atomic E-state index is 12.9. The van der Waals surface area contributed by atoms with Gasteiger partial charge in [-0.1, -0.05) is 6.07 Å². The Balaban J connectivity index is 1.32. The lowest BCUT2D eigenvalue weighted by molar-refractivity contribution is -0.148. The summed E-state index contributed by atoms with van der Waals surface area (Å²) >= 11 is 0. The third kappa shape index (κ3) is 3.62. The van der Waals surface area contributed by atoms with E-state index in [1.54, 1.807) is 0 Å². The molecule has 0 saturated carbocycles. The molecule has 25 heavy (non-hydrogen) atoms. The second-order valence-electron chi connectivity index (χ2n) is 6.89. The highest BCUT2D eigenvalue weighted by atomic mass is 19.1. The molecule has 2 aromatic rings. The summed E-state index contributed by atoms with van der Waals surface area (Å²) in [7, 11) is 0. The highest BCUT2D eigenvalue weighted by Gasteiger charge is 2.48. The monoisotopic (exact) mass is 344 g/mol. The summed E-state index contributed by atoms with van der Waals surface area (Å²) < 4.78 is 25.0. The summed E-state index contributed by atoms with van der Waals surface area (Å²) in [4.78, 5) is 14.3. The molecule has 2 aromatic heterocycles. The lowest BCUT2D eigenvalue weighted by atomic mass is 9.85. The van der Waals surface area contributed by atoms with Gasteiger partial charge in [0.2, 0.25) is 5.95 Å². The second kappa shape index (κ2) is 6.65. The van der Waals surface area contributed by atoms with Crippen LogP contribution in [-0.4, -0.2) is 46.4 Å². The van der Waals surface area contributed by atoms with Gasteiger partial charge >= 0.3 is 0 Å². The summed E-state index contributed by atoms with van der Waals surface area (Å²) in [6.07, 6.45) is 7.99. The summed E-state index contributed by atoms with van der Waals surface area (Å²) in [6, 6.07) is 2.10. The first-order valence-corrected chi connectivity index (χ1v) is 8.50. The summed E-state index contributed by atoms with van der Waals surface area (Å²) in [5, 5.41) is 0. The second-order valence-corrected chi connectivity index (χ2v) is 6.89. The molecule has 0 amide bonds. The van der Waals surface area contributed by atoms with E-state index >= 15 is 0 Å². The van der Waals surface area contributed by atoms with E-state index in [0.717, 1.165) is 24.0 Å². The topological polar surface area (TPSA) is 60.4 Å². The van der Waals surface area contributed by atoms with Gasteiger partial charge < -0.3 is 14.4 Å². The van der Waals surface area contributed by atoms with E-state index in [9.17, 15) is 4.39 Å². The van der Waals surface area contributed by atoms with Crippen LogP contribution in [0.1, 0.15) is 24.0 Å². The van der Waals surface area contributed by atoms with Crippen molar-refractivity contribution < 1.29 is 13.9 Å². The van der Waals surface area contributed by atoms with Gasteiger partial charge in [0, 0.05) is 25.4 Å². The first kappa shape index (κ1) is 16.4. The quantitative estimate of drug-likeness (QED) is 0.848. The number of rotatable bonds is 4. The predicted octanol–water partition coefficient (Wildman–Crippen LogP) is 2.27. The zero-order valence-corrected chi connectivity index (χ0v) is 14.2. The van der Waals surface area contributed by atoms with Crippen molar-refractivity contribution in [1.29, 1.82) is 0 Å². The van der Waals surface area contributed by atoms with Gasteiger partial charge in [0.05, 0.1) is 38.2 Å². The Labute approximate surface area is 146 Å². The number of aryl methyl sites for hydroxylation is 1. The van der Waals surface area contributed by atoms with E-state index in [1.165, 1.54) is 12.4 Å². The summed E-state index contributed by atoms with van der Waals surface area (Å²) in [5.74, 6) is 0.122. The standard InChI is InChI=1S/C18H21FN4O2/c1-13-4-14(7-20-6-13)10-24-16-2-3-25-18(5-16)11-23(12-18)17-21-8-15(19)9-22-17/h4,6-9,16H,2-3,5,10-12H2,1H3/t16-/m0/s1. The highest BCUT2D eigenvalue weighted by Crippen LogP contribution is 2.36. The van der Waals surface area contributed by atoms with Crippen LogP contribution in [0.25, 0.3) is 0 Å². The number of hydrogen-bond donors (Lipinski definition) is 0. The van der Waals surface area contributed by atoms with Crippen LogP contribution in [0.4, 0.5) is 10.3 Å². The number of halogens is 1. The number of anilines is 1. The number of hydrogen-bond acceptors (Lipinski definition) is 6. The minimum absolute atomic E-state index is 0.172. The fourth-order valence-corrected chi connectivity index (χ4v) is 3.52. The molecule has 6 nitrogen and oxygen atoms in total. The van der Waals surface area contributed by atoms with Crippen molar-refractivity contribution in [2.45, 2.75) is 38.1 Å². The van der Waals surface area contributed by atoms with Crippen molar-refractivity contribution >= 4 is 5.95 Å². The van der Waals surface area contributed by atoms with Crippen molar-refractivity contribution in [2.75, 3.05) is 24.6 Å². The molecule has 0 bridgehead atoms. The van der Waals surface area contributed by atoms with Gasteiger partial charge in [-0.2, -0.15) is 0 Å². The minimum atomic E-state index is -0.424. The van der Waals surface area contributed by atoms with Crippen LogP contribution in [0.3, 0.4) is 0 Å². The van der Waals surface area contributed by atoms with Gasteiger partial charge in [0.15, 0.2) is 5.82 Å². The molecule has 2 saturated heterocycles. The van der Waals surface area contributed by atoms with Gasteiger partial charge in [-0.25, -0.2) is 14.4 Å². The Kier molecular flexibility index (Phi) is 4.35. The average molecular weight is 344 g/mol. The van der Waals surface area contributed by atoms with Crippen LogP contribution in [0.5, 0.6) is 0 Å². The summed E-state index contributed by atoms with van der Waals surface area (Å²) in [6.45, 7) is 4.71. The van der Waals surface area contributed by atoms with Crippen LogP contribution >= 0.6 is 0 Å². The van der Waals surface area contributed by atoms with E-state index in [4.69, 9.17) is 9.47 Å². The Morgan fingerprint density at radius 1 is 1.28 bits per heavy atom. The van der Waals surface area contributed by atoms with E-state index in [2.05, 4.69) is 21.0 Å². The molecule has 0 aliphatic carbocycles. The molecule has 2 aliphatic rings. The molecular formula is C18H21FN4O2. The molecule has 1 atom stereocenters. The number of aromatic nitrogens is 3. The third-order valence-electron chi connectivity index (χ3n) is 4.71. The predicted molar refractivity (Wildman–Crippen MR) is 89.7 cm³/mol. The maximum absolute atomic E-state index is 12.9. The Morgan fingerprint density at radius 2 is 2.08 bits per heavy atom. The number of pyridine rings is 1. The van der Waals surface area contributed by atoms with E-state index in [0.29, 0.717) is 32.3 Å². The fraction of sp³-hybridized carbons (Fsp3) is 0.500. The fourth-order valence-electron chi connectivity index (χ4n) is 3.52. The molecule has 0 aromatic carbocycles. The average Bonchev–Trinajstić information content (AvgIpc) is 2.59. The van der Waals surface area contributed by atoms with Crippen LogP contribution in [0, 0.1) is 12.7 Å². The van der Waals surface area contributed by atoms with Gasteiger partial charge in [0.1, 0.15) is 5.60 Å². The molecule has 2 aliphatic heterocycles. The molecule has 7 heteroatoms. The molecule has 0 radical (unpaired) electrons. The Bertz CT molecular complexity index is 734. The molecular weight excluding hydrogens is 323 g/mol. The van der Waals surface area contributed by atoms with Crippen LogP contribution in [0.2, 0.25) is 0 Å². The Morgan fingerprint density at radius 3 is 2.84 bits per heavy atom. The van der Waals surface area contributed by atoms with E-state index < -0.39 is 5.82 Å². The minimum Gasteiger partial charge on any atom is -0.373 e. The Hall–Kier alpha value is -2.12. The lowest BCUT2D eigenvalue weighted by Crippen LogP contribution is -2.66. The zero-order chi connectivity index (χ0) is 17.3. The lowest BCUT2D eigenvalue weighted by Gasteiger charge is -2.52. The SMILES string of the molecule is Cc1cncc(CO[C@H]2CCOC3(C2)CN(c2ncc(F)cn2)C3)c1. The van der Waals surface area contributed by atoms with Crippen molar-refractivity contribution in [3.05, 3.63) is 47.8 Å². The van der Waals surface area contributed by atoms with Crippen LogP contribution in [-0.2, 0) is 16.1 Å².